The maximum atomic E-state index is 12.6. The van der Waals surface area contributed by atoms with Crippen molar-refractivity contribution in [1.82, 2.24) is 0 Å². The molecule has 0 fully saturated rings. The highest BCUT2D eigenvalue weighted by molar-refractivity contribution is 9.10. The van der Waals surface area contributed by atoms with E-state index in [4.69, 9.17) is 0 Å². The third-order valence-corrected chi connectivity index (χ3v) is 3.59. The molecule has 0 amide bonds. The van der Waals surface area contributed by atoms with E-state index in [1.165, 1.54) is 12.1 Å². The summed E-state index contributed by atoms with van der Waals surface area (Å²) in [6.07, 6.45) is -3.74. The largest absolute Gasteiger partial charge is 0.416 e. The Morgan fingerprint density at radius 1 is 1.05 bits per heavy atom. The molecule has 2 aromatic rings. The van der Waals surface area contributed by atoms with Crippen molar-refractivity contribution >= 4 is 21.7 Å². The van der Waals surface area contributed by atoms with Gasteiger partial charge in [-0.2, -0.15) is 13.2 Å². The van der Waals surface area contributed by atoms with Gasteiger partial charge in [0.05, 0.1) is 5.56 Å². The minimum atomic E-state index is -4.43. The van der Waals surface area contributed by atoms with Crippen LogP contribution < -0.4 is 0 Å². The first-order valence-electron chi connectivity index (χ1n) is 6.31. The SMILES string of the molecule is O=C(CCc1ccc(Br)cc1)c1cccc(C(F)(F)F)c1. The first kappa shape index (κ1) is 15.8. The number of aryl methyl sites for hydroxylation is 1. The quantitative estimate of drug-likeness (QED) is 0.680. The monoisotopic (exact) mass is 356 g/mol. The van der Waals surface area contributed by atoms with Crippen molar-refractivity contribution < 1.29 is 18.0 Å². The highest BCUT2D eigenvalue weighted by Gasteiger charge is 2.30. The molecule has 0 aliphatic carbocycles. The molecule has 0 saturated heterocycles. The zero-order chi connectivity index (χ0) is 15.5. The van der Waals surface area contributed by atoms with Crippen molar-refractivity contribution in [1.29, 1.82) is 0 Å². The summed E-state index contributed by atoms with van der Waals surface area (Å²) in [5.74, 6) is -0.288. The van der Waals surface area contributed by atoms with Crippen molar-refractivity contribution in [3.05, 3.63) is 69.7 Å². The molecule has 21 heavy (non-hydrogen) atoms. The molecule has 1 nitrogen and oxygen atoms in total. The molecule has 2 aromatic carbocycles. The molecule has 0 bridgehead atoms. The maximum absolute atomic E-state index is 12.6. The number of hydrogen-bond acceptors (Lipinski definition) is 1. The van der Waals surface area contributed by atoms with Crippen molar-refractivity contribution in [2.45, 2.75) is 19.0 Å². The zero-order valence-electron chi connectivity index (χ0n) is 11.0. The molecule has 0 N–H and O–H groups in total. The van der Waals surface area contributed by atoms with Crippen LogP contribution >= 0.6 is 15.9 Å². The third-order valence-electron chi connectivity index (χ3n) is 3.07. The Bertz CT molecular complexity index is 633. The number of ketones is 1. The molecular weight excluding hydrogens is 345 g/mol. The van der Waals surface area contributed by atoms with Crippen LogP contribution in [0.4, 0.5) is 13.2 Å². The van der Waals surface area contributed by atoms with Gasteiger partial charge < -0.3 is 0 Å². The Morgan fingerprint density at radius 3 is 2.33 bits per heavy atom. The van der Waals surface area contributed by atoms with E-state index in [2.05, 4.69) is 15.9 Å². The van der Waals surface area contributed by atoms with Crippen molar-refractivity contribution in [2.75, 3.05) is 0 Å². The van der Waals surface area contributed by atoms with Gasteiger partial charge in [-0.25, -0.2) is 0 Å². The fraction of sp³-hybridized carbons (Fsp3) is 0.188. The van der Waals surface area contributed by atoms with Crippen molar-refractivity contribution in [3.63, 3.8) is 0 Å². The average Bonchev–Trinajstić information content (AvgIpc) is 2.45. The van der Waals surface area contributed by atoms with Gasteiger partial charge in [0, 0.05) is 16.5 Å². The summed E-state index contributed by atoms with van der Waals surface area (Å²) in [7, 11) is 0. The minimum Gasteiger partial charge on any atom is -0.294 e. The van der Waals surface area contributed by atoms with Crippen LogP contribution in [0.5, 0.6) is 0 Å². The Labute approximate surface area is 128 Å². The van der Waals surface area contributed by atoms with Crippen LogP contribution in [-0.4, -0.2) is 5.78 Å². The lowest BCUT2D eigenvalue weighted by atomic mass is 10.0. The molecule has 110 valence electrons. The smallest absolute Gasteiger partial charge is 0.294 e. The van der Waals surface area contributed by atoms with Gasteiger partial charge in [-0.1, -0.05) is 40.2 Å². The number of benzene rings is 2. The minimum absolute atomic E-state index is 0.0990. The van der Waals surface area contributed by atoms with E-state index in [9.17, 15) is 18.0 Å². The second-order valence-electron chi connectivity index (χ2n) is 4.63. The molecule has 0 unspecified atom stereocenters. The summed E-state index contributed by atoms with van der Waals surface area (Å²) >= 11 is 3.32. The molecule has 0 saturated carbocycles. The molecule has 0 aliphatic rings. The molecular formula is C16H12BrF3O. The summed E-state index contributed by atoms with van der Waals surface area (Å²) in [4.78, 5) is 12.0. The summed E-state index contributed by atoms with van der Waals surface area (Å²) in [5.41, 5.74) is 0.275. The lowest BCUT2D eigenvalue weighted by Crippen LogP contribution is -2.08. The fourth-order valence-corrected chi connectivity index (χ4v) is 2.19. The van der Waals surface area contributed by atoms with Crippen LogP contribution in [-0.2, 0) is 12.6 Å². The average molecular weight is 357 g/mol. The molecule has 0 heterocycles. The Kier molecular flexibility index (Phi) is 4.83. The van der Waals surface area contributed by atoms with Crippen LogP contribution in [0.1, 0.15) is 27.9 Å². The van der Waals surface area contributed by atoms with Gasteiger partial charge in [0.2, 0.25) is 0 Å². The van der Waals surface area contributed by atoms with Gasteiger partial charge in [0.1, 0.15) is 0 Å². The Balaban J connectivity index is 2.05. The normalized spacial score (nSPS) is 11.4. The lowest BCUT2D eigenvalue weighted by Gasteiger charge is -2.08. The summed E-state index contributed by atoms with van der Waals surface area (Å²) < 4.78 is 38.8. The molecule has 0 aliphatic heterocycles. The standard InChI is InChI=1S/C16H12BrF3O/c17-14-7-4-11(5-8-14)6-9-15(21)12-2-1-3-13(10-12)16(18,19)20/h1-5,7-8,10H,6,9H2. The summed E-state index contributed by atoms with van der Waals surface area (Å²) in [5, 5.41) is 0. The van der Waals surface area contributed by atoms with Crippen LogP contribution in [0.15, 0.2) is 53.0 Å². The molecule has 0 aromatic heterocycles. The highest BCUT2D eigenvalue weighted by Crippen LogP contribution is 2.29. The number of halogens is 4. The first-order valence-corrected chi connectivity index (χ1v) is 7.10. The Morgan fingerprint density at radius 2 is 1.71 bits per heavy atom. The van der Waals surface area contributed by atoms with E-state index in [0.717, 1.165) is 22.2 Å². The van der Waals surface area contributed by atoms with Crippen molar-refractivity contribution in [3.8, 4) is 0 Å². The van der Waals surface area contributed by atoms with Gasteiger partial charge in [0.25, 0.3) is 0 Å². The fourth-order valence-electron chi connectivity index (χ4n) is 1.92. The molecule has 2 rings (SSSR count). The number of rotatable bonds is 4. The van der Waals surface area contributed by atoms with Crippen LogP contribution in [0.2, 0.25) is 0 Å². The second kappa shape index (κ2) is 6.43. The first-order chi connectivity index (χ1) is 9.86. The number of alkyl halides is 3. The molecule has 0 atom stereocenters. The van der Waals surface area contributed by atoms with Gasteiger partial charge in [-0.3, -0.25) is 4.79 Å². The van der Waals surface area contributed by atoms with Gasteiger partial charge in [0.15, 0.2) is 5.78 Å². The summed E-state index contributed by atoms with van der Waals surface area (Å²) in [6.45, 7) is 0. The number of carbonyl (C=O) groups excluding carboxylic acids is 1. The van der Waals surface area contributed by atoms with Gasteiger partial charge in [-0.05, 0) is 36.2 Å². The van der Waals surface area contributed by atoms with Crippen LogP contribution in [0.25, 0.3) is 0 Å². The maximum Gasteiger partial charge on any atom is 0.416 e. The highest BCUT2D eigenvalue weighted by atomic mass is 79.9. The number of Topliss-reactive ketones (excluding diaryl/α,β-unsaturated/α-hetero) is 1. The van der Waals surface area contributed by atoms with E-state index in [-0.39, 0.29) is 17.8 Å². The Hall–Kier alpha value is -1.62. The topological polar surface area (TPSA) is 17.1 Å². The molecule has 5 heteroatoms. The van der Waals surface area contributed by atoms with Crippen LogP contribution in [0, 0.1) is 0 Å². The zero-order valence-corrected chi connectivity index (χ0v) is 12.5. The van der Waals surface area contributed by atoms with Crippen molar-refractivity contribution in [2.24, 2.45) is 0 Å². The second-order valence-corrected chi connectivity index (χ2v) is 5.54. The predicted molar refractivity (Wildman–Crippen MR) is 78.2 cm³/mol. The van der Waals surface area contributed by atoms with E-state index >= 15 is 0 Å². The number of carbonyl (C=O) groups is 1. The van der Waals surface area contributed by atoms with E-state index < -0.39 is 11.7 Å². The predicted octanol–water partition coefficient (Wildman–Crippen LogP) is 5.28. The van der Waals surface area contributed by atoms with E-state index in [1.54, 1.807) is 0 Å². The summed E-state index contributed by atoms with van der Waals surface area (Å²) in [6, 6.07) is 12.0. The van der Waals surface area contributed by atoms with Gasteiger partial charge >= 0.3 is 6.18 Å². The van der Waals surface area contributed by atoms with E-state index in [1.807, 2.05) is 24.3 Å². The third kappa shape index (κ3) is 4.43. The molecule has 0 radical (unpaired) electrons. The lowest BCUT2D eigenvalue weighted by molar-refractivity contribution is -0.137. The van der Waals surface area contributed by atoms with E-state index in [0.29, 0.717) is 6.42 Å². The molecule has 0 spiro atoms. The number of hydrogen-bond donors (Lipinski definition) is 0. The van der Waals surface area contributed by atoms with Crippen LogP contribution in [0.3, 0.4) is 0 Å². The van der Waals surface area contributed by atoms with Gasteiger partial charge in [-0.15, -0.1) is 0 Å².